The van der Waals surface area contributed by atoms with Crippen LogP contribution in [0.5, 0.6) is 0 Å². The van der Waals surface area contributed by atoms with Gasteiger partial charge in [-0.2, -0.15) is 0 Å². The Hall–Kier alpha value is -1.84. The minimum Gasteiger partial charge on any atom is -0.481 e. The molecule has 0 aromatic rings. The molecule has 0 amide bonds. The van der Waals surface area contributed by atoms with Gasteiger partial charge in [-0.15, -0.1) is 13.2 Å². The lowest BCUT2D eigenvalue weighted by molar-refractivity contribution is -0.161. The summed E-state index contributed by atoms with van der Waals surface area (Å²) >= 11 is 0. The van der Waals surface area contributed by atoms with Gasteiger partial charge in [-0.25, -0.2) is 0 Å². The molecule has 4 atom stereocenters. The predicted molar refractivity (Wildman–Crippen MR) is 75.1 cm³/mol. The van der Waals surface area contributed by atoms with Crippen LogP contribution in [0.15, 0.2) is 36.5 Å². The second kappa shape index (κ2) is 5.65. The maximum Gasteiger partial charge on any atom is 0.308 e. The summed E-state index contributed by atoms with van der Waals surface area (Å²) in [5.41, 5.74) is 2.17. The zero-order chi connectivity index (χ0) is 14.9. The number of hydrogen-bond donors (Lipinski definition) is 2. The predicted octanol–water partition coefficient (Wildman–Crippen LogP) is 2.88. The van der Waals surface area contributed by atoms with E-state index < -0.39 is 23.8 Å². The Labute approximate surface area is 118 Å². The number of aliphatic carboxylic acids is 2. The molecule has 0 heterocycles. The van der Waals surface area contributed by atoms with Crippen LogP contribution in [-0.2, 0) is 9.59 Å². The molecule has 2 bridgehead atoms. The largest absolute Gasteiger partial charge is 0.481 e. The van der Waals surface area contributed by atoms with E-state index in [1.807, 2.05) is 0 Å². The Bertz CT molecular complexity index is 445. The lowest BCUT2D eigenvalue weighted by Crippen LogP contribution is -2.48. The summed E-state index contributed by atoms with van der Waals surface area (Å²) in [4.78, 5) is 23.1. The van der Waals surface area contributed by atoms with Crippen molar-refractivity contribution in [2.45, 2.75) is 25.7 Å². The molecular weight excluding hydrogens is 256 g/mol. The van der Waals surface area contributed by atoms with E-state index in [4.69, 9.17) is 0 Å². The smallest absolute Gasteiger partial charge is 0.308 e. The third-order valence-electron chi connectivity index (χ3n) is 4.65. The topological polar surface area (TPSA) is 74.6 Å². The first kappa shape index (κ1) is 14.6. The van der Waals surface area contributed by atoms with Crippen LogP contribution in [0.3, 0.4) is 0 Å². The van der Waals surface area contributed by atoms with Gasteiger partial charge in [0.1, 0.15) is 0 Å². The minimum atomic E-state index is -0.994. The molecule has 4 heteroatoms. The highest BCUT2D eigenvalue weighted by molar-refractivity contribution is 5.82. The first-order valence-electron chi connectivity index (χ1n) is 6.92. The van der Waals surface area contributed by atoms with Gasteiger partial charge in [0.25, 0.3) is 0 Å². The Morgan fingerprint density at radius 3 is 1.55 bits per heavy atom. The van der Waals surface area contributed by atoms with Crippen molar-refractivity contribution < 1.29 is 19.8 Å². The van der Waals surface area contributed by atoms with Gasteiger partial charge < -0.3 is 10.2 Å². The molecule has 3 aliphatic rings. The van der Waals surface area contributed by atoms with Crippen molar-refractivity contribution in [3.8, 4) is 0 Å². The van der Waals surface area contributed by atoms with E-state index in [-0.39, 0.29) is 11.8 Å². The van der Waals surface area contributed by atoms with Crippen LogP contribution >= 0.6 is 0 Å². The SMILES string of the molecule is C=CCC1=C(CC=C)C2CCC1C(C(=O)O)C2C(=O)O. The normalized spacial score (nSPS) is 32.0. The van der Waals surface area contributed by atoms with Crippen molar-refractivity contribution in [3.05, 3.63) is 36.5 Å². The average molecular weight is 276 g/mol. The molecule has 108 valence electrons. The van der Waals surface area contributed by atoms with E-state index >= 15 is 0 Å². The van der Waals surface area contributed by atoms with Crippen LogP contribution in [0.25, 0.3) is 0 Å². The fraction of sp³-hybridized carbons (Fsp3) is 0.500. The molecule has 0 aromatic heterocycles. The highest BCUT2D eigenvalue weighted by Gasteiger charge is 2.53. The molecule has 4 nitrogen and oxygen atoms in total. The molecular formula is C16H20O4. The summed E-state index contributed by atoms with van der Waals surface area (Å²) in [7, 11) is 0. The van der Waals surface area contributed by atoms with Crippen LogP contribution in [0.1, 0.15) is 25.7 Å². The third-order valence-corrected chi connectivity index (χ3v) is 4.65. The molecule has 0 saturated heterocycles. The lowest BCUT2D eigenvalue weighted by Gasteiger charge is -2.47. The molecule has 2 N–H and O–H groups in total. The van der Waals surface area contributed by atoms with Gasteiger partial charge in [0.2, 0.25) is 0 Å². The summed E-state index contributed by atoms with van der Waals surface area (Å²) in [5.74, 6) is -3.96. The quantitative estimate of drug-likeness (QED) is 0.731. The highest BCUT2D eigenvalue weighted by Crippen LogP contribution is 2.53. The van der Waals surface area contributed by atoms with E-state index in [9.17, 15) is 19.8 Å². The first-order chi connectivity index (χ1) is 9.52. The van der Waals surface area contributed by atoms with Crippen molar-refractivity contribution in [3.63, 3.8) is 0 Å². The van der Waals surface area contributed by atoms with Gasteiger partial charge in [-0.3, -0.25) is 9.59 Å². The maximum atomic E-state index is 11.5. The zero-order valence-electron chi connectivity index (χ0n) is 11.4. The summed E-state index contributed by atoms with van der Waals surface area (Å²) in [6.07, 6.45) is 6.34. The number of carboxylic acids is 2. The number of allylic oxidation sites excluding steroid dienone is 4. The van der Waals surface area contributed by atoms with Gasteiger partial charge in [0, 0.05) is 0 Å². The fourth-order valence-corrected chi connectivity index (χ4v) is 4.00. The number of rotatable bonds is 6. The molecule has 4 unspecified atom stereocenters. The summed E-state index contributed by atoms with van der Waals surface area (Å²) in [5, 5.41) is 18.9. The number of fused-ring (bicyclic) bond motifs is 2. The van der Waals surface area contributed by atoms with Crippen LogP contribution < -0.4 is 0 Å². The van der Waals surface area contributed by atoms with Crippen molar-refractivity contribution in [2.75, 3.05) is 0 Å². The number of carbonyl (C=O) groups is 2. The average Bonchev–Trinajstić information content (AvgIpc) is 2.40. The number of carboxylic acid groups (broad SMARTS) is 2. The van der Waals surface area contributed by atoms with Gasteiger partial charge in [0.05, 0.1) is 11.8 Å². The molecule has 1 saturated carbocycles. The molecule has 20 heavy (non-hydrogen) atoms. The molecule has 1 fully saturated rings. The van der Waals surface area contributed by atoms with Gasteiger partial charge in [-0.05, 0) is 37.5 Å². The Morgan fingerprint density at radius 2 is 1.30 bits per heavy atom. The molecule has 0 aliphatic heterocycles. The van der Waals surface area contributed by atoms with Crippen molar-refractivity contribution >= 4 is 11.9 Å². The van der Waals surface area contributed by atoms with Gasteiger partial charge >= 0.3 is 11.9 Å². The molecule has 0 aromatic carbocycles. The fourth-order valence-electron chi connectivity index (χ4n) is 4.00. The van der Waals surface area contributed by atoms with Crippen LogP contribution in [0.4, 0.5) is 0 Å². The highest BCUT2D eigenvalue weighted by atomic mass is 16.4. The van der Waals surface area contributed by atoms with Gasteiger partial charge in [-0.1, -0.05) is 23.3 Å². The van der Waals surface area contributed by atoms with Crippen molar-refractivity contribution in [1.29, 1.82) is 0 Å². The minimum absolute atomic E-state index is 0.174. The van der Waals surface area contributed by atoms with Crippen LogP contribution in [-0.4, -0.2) is 22.2 Å². The molecule has 3 aliphatic carbocycles. The number of hydrogen-bond acceptors (Lipinski definition) is 2. The summed E-state index contributed by atoms with van der Waals surface area (Å²) in [6, 6.07) is 0. The van der Waals surface area contributed by atoms with Crippen LogP contribution in [0, 0.1) is 23.7 Å². The lowest BCUT2D eigenvalue weighted by atomic mass is 9.55. The third kappa shape index (κ3) is 2.19. The van der Waals surface area contributed by atoms with E-state index in [1.165, 1.54) is 0 Å². The van der Waals surface area contributed by atoms with Crippen LogP contribution in [0.2, 0.25) is 0 Å². The van der Waals surface area contributed by atoms with E-state index in [0.717, 1.165) is 24.0 Å². The Morgan fingerprint density at radius 1 is 0.950 bits per heavy atom. The van der Waals surface area contributed by atoms with E-state index in [0.29, 0.717) is 12.8 Å². The molecule has 3 rings (SSSR count). The van der Waals surface area contributed by atoms with Gasteiger partial charge in [0.15, 0.2) is 0 Å². The summed E-state index contributed by atoms with van der Waals surface area (Å²) in [6.45, 7) is 7.47. The monoisotopic (exact) mass is 276 g/mol. The standard InChI is InChI=1S/C16H20O4/c1-3-5-9-10(6-4-2)12-8-7-11(9)13(15(17)18)14(12)16(19)20/h3-4,11-14H,1-2,5-8H2,(H,17,18)(H,19,20). The Balaban J connectivity index is 2.53. The second-order valence-corrected chi connectivity index (χ2v) is 5.55. The van der Waals surface area contributed by atoms with Crippen molar-refractivity contribution in [1.82, 2.24) is 0 Å². The first-order valence-corrected chi connectivity index (χ1v) is 6.92. The second-order valence-electron chi connectivity index (χ2n) is 5.55. The molecule has 0 spiro atoms. The summed E-state index contributed by atoms with van der Waals surface area (Å²) < 4.78 is 0. The van der Waals surface area contributed by atoms with E-state index in [1.54, 1.807) is 12.2 Å². The maximum absolute atomic E-state index is 11.5. The zero-order valence-corrected chi connectivity index (χ0v) is 11.4. The van der Waals surface area contributed by atoms with E-state index in [2.05, 4.69) is 13.2 Å². The Kier molecular flexibility index (Phi) is 4.12. The molecule has 0 radical (unpaired) electrons. The van der Waals surface area contributed by atoms with Crippen molar-refractivity contribution in [2.24, 2.45) is 23.7 Å².